The second-order valence-corrected chi connectivity index (χ2v) is 4.87. The van der Waals surface area contributed by atoms with Gasteiger partial charge in [-0.15, -0.1) is 4.73 Å². The van der Waals surface area contributed by atoms with Crippen molar-refractivity contribution in [2.45, 2.75) is 6.18 Å². The number of hydrogen-bond acceptors (Lipinski definition) is 3. The van der Waals surface area contributed by atoms with Crippen LogP contribution in [0.1, 0.15) is 5.56 Å². The van der Waals surface area contributed by atoms with E-state index >= 15 is 0 Å². The normalized spacial score (nSPS) is 12.1. The Labute approximate surface area is 119 Å². The highest BCUT2D eigenvalue weighted by Gasteiger charge is 2.30. The van der Waals surface area contributed by atoms with Crippen molar-refractivity contribution in [1.29, 1.82) is 0 Å². The number of fused-ring (bicyclic) bond motifs is 1. The van der Waals surface area contributed by atoms with Gasteiger partial charge in [-0.05, 0) is 38.4 Å². The van der Waals surface area contributed by atoms with E-state index in [-0.39, 0.29) is 6.61 Å². The maximum atomic E-state index is 12.7. The smallest absolute Gasteiger partial charge is 0.409 e. The molecule has 21 heavy (non-hydrogen) atoms. The maximum absolute atomic E-state index is 12.7. The Morgan fingerprint density at radius 1 is 1.19 bits per heavy atom. The number of hydrogen-bond donors (Lipinski definition) is 0. The SMILES string of the molecule is CN(C)CCOn1c(=O)ccc2cc(C(F)(F)F)ccc21. The van der Waals surface area contributed by atoms with Crippen LogP contribution in [0.25, 0.3) is 10.9 Å². The van der Waals surface area contributed by atoms with Gasteiger partial charge in [0.2, 0.25) is 0 Å². The van der Waals surface area contributed by atoms with E-state index in [2.05, 4.69) is 0 Å². The number of halogens is 3. The van der Waals surface area contributed by atoms with E-state index < -0.39 is 17.3 Å². The van der Waals surface area contributed by atoms with Crippen molar-refractivity contribution in [2.75, 3.05) is 27.2 Å². The molecule has 0 atom stereocenters. The van der Waals surface area contributed by atoms with Gasteiger partial charge in [-0.25, -0.2) is 0 Å². The van der Waals surface area contributed by atoms with Gasteiger partial charge in [-0.3, -0.25) is 4.79 Å². The van der Waals surface area contributed by atoms with Crippen molar-refractivity contribution >= 4 is 10.9 Å². The van der Waals surface area contributed by atoms with E-state index in [1.165, 1.54) is 18.2 Å². The van der Waals surface area contributed by atoms with Gasteiger partial charge in [-0.2, -0.15) is 13.2 Å². The molecular formula is C14H15F3N2O2. The standard InChI is InChI=1S/C14H15F3N2O2/c1-18(2)7-8-21-19-12-5-4-11(14(15,16)17)9-10(12)3-6-13(19)20/h3-6,9H,7-8H2,1-2H3. The lowest BCUT2D eigenvalue weighted by molar-refractivity contribution is -0.137. The fraction of sp³-hybridized carbons (Fsp3) is 0.357. The molecular weight excluding hydrogens is 285 g/mol. The number of nitrogens with zero attached hydrogens (tertiary/aromatic N) is 2. The molecule has 0 aliphatic carbocycles. The van der Waals surface area contributed by atoms with Gasteiger partial charge in [0.05, 0.1) is 11.1 Å². The molecule has 0 saturated carbocycles. The van der Waals surface area contributed by atoms with Gasteiger partial charge in [0.15, 0.2) is 0 Å². The number of likely N-dealkylation sites (N-methyl/N-ethyl adjacent to an activating group) is 1. The zero-order valence-corrected chi connectivity index (χ0v) is 11.6. The third kappa shape index (κ3) is 3.55. The zero-order valence-electron chi connectivity index (χ0n) is 11.6. The largest absolute Gasteiger partial charge is 0.416 e. The Bertz CT molecular complexity index is 693. The zero-order chi connectivity index (χ0) is 15.6. The molecule has 0 saturated heterocycles. The molecule has 0 fully saturated rings. The Hall–Kier alpha value is -2.02. The van der Waals surface area contributed by atoms with Crippen LogP contribution in [0.5, 0.6) is 0 Å². The van der Waals surface area contributed by atoms with Gasteiger partial charge in [0, 0.05) is 18.0 Å². The highest BCUT2D eigenvalue weighted by molar-refractivity contribution is 5.79. The number of alkyl halides is 3. The van der Waals surface area contributed by atoms with Crippen LogP contribution in [0.2, 0.25) is 0 Å². The summed E-state index contributed by atoms with van der Waals surface area (Å²) in [4.78, 5) is 19.0. The van der Waals surface area contributed by atoms with Crippen LogP contribution >= 0.6 is 0 Å². The minimum atomic E-state index is -4.42. The summed E-state index contributed by atoms with van der Waals surface area (Å²) < 4.78 is 39.1. The third-order valence-electron chi connectivity index (χ3n) is 2.94. The van der Waals surface area contributed by atoms with Gasteiger partial charge in [-0.1, -0.05) is 0 Å². The van der Waals surface area contributed by atoms with Crippen molar-refractivity contribution in [3.8, 4) is 0 Å². The Morgan fingerprint density at radius 3 is 2.52 bits per heavy atom. The molecule has 1 aromatic heterocycles. The average Bonchev–Trinajstić information content (AvgIpc) is 2.39. The molecule has 0 N–H and O–H groups in total. The molecule has 0 aliphatic rings. The van der Waals surface area contributed by atoms with Crippen LogP contribution in [0.3, 0.4) is 0 Å². The van der Waals surface area contributed by atoms with Crippen molar-refractivity contribution in [2.24, 2.45) is 0 Å². The van der Waals surface area contributed by atoms with Gasteiger partial charge in [0.1, 0.15) is 6.61 Å². The number of pyridine rings is 1. The molecule has 7 heteroatoms. The second-order valence-electron chi connectivity index (χ2n) is 4.87. The van der Waals surface area contributed by atoms with E-state index in [0.717, 1.165) is 16.9 Å². The van der Waals surface area contributed by atoms with Crippen LogP contribution in [0.15, 0.2) is 35.1 Å². The molecule has 0 aliphatic heterocycles. The van der Waals surface area contributed by atoms with Gasteiger partial charge >= 0.3 is 6.18 Å². The van der Waals surface area contributed by atoms with Crippen LogP contribution < -0.4 is 10.4 Å². The summed E-state index contributed by atoms with van der Waals surface area (Å²) in [5, 5.41) is 0.300. The van der Waals surface area contributed by atoms with E-state index in [4.69, 9.17) is 4.84 Å². The summed E-state index contributed by atoms with van der Waals surface area (Å²) in [5.41, 5.74) is -0.858. The highest BCUT2D eigenvalue weighted by atomic mass is 19.4. The molecule has 4 nitrogen and oxygen atoms in total. The van der Waals surface area contributed by atoms with Crippen molar-refractivity contribution in [3.05, 3.63) is 46.2 Å². The first-order valence-electron chi connectivity index (χ1n) is 6.30. The van der Waals surface area contributed by atoms with Crippen LogP contribution in [0, 0.1) is 0 Å². The summed E-state index contributed by atoms with van der Waals surface area (Å²) >= 11 is 0. The first-order chi connectivity index (χ1) is 9.79. The third-order valence-corrected chi connectivity index (χ3v) is 2.94. The lowest BCUT2D eigenvalue weighted by Crippen LogP contribution is -2.31. The van der Waals surface area contributed by atoms with Crippen molar-refractivity contribution in [1.82, 2.24) is 9.63 Å². The summed E-state index contributed by atoms with van der Waals surface area (Å²) in [6, 6.07) is 5.74. The van der Waals surface area contributed by atoms with Crippen LogP contribution in [-0.4, -0.2) is 36.9 Å². The minimum absolute atomic E-state index is 0.257. The Morgan fingerprint density at radius 2 is 1.90 bits per heavy atom. The fourth-order valence-corrected chi connectivity index (χ4v) is 1.84. The second kappa shape index (κ2) is 5.77. The number of aromatic nitrogens is 1. The summed E-state index contributed by atoms with van der Waals surface area (Å²) in [5.74, 6) is 0. The van der Waals surface area contributed by atoms with Crippen LogP contribution in [-0.2, 0) is 6.18 Å². The highest BCUT2D eigenvalue weighted by Crippen LogP contribution is 2.30. The Kier molecular flexibility index (Phi) is 4.22. The lowest BCUT2D eigenvalue weighted by atomic mass is 10.1. The monoisotopic (exact) mass is 300 g/mol. The molecule has 0 amide bonds. The molecule has 2 rings (SSSR count). The molecule has 1 heterocycles. The lowest BCUT2D eigenvalue weighted by Gasteiger charge is -2.15. The molecule has 0 spiro atoms. The van der Waals surface area contributed by atoms with E-state index in [1.807, 2.05) is 19.0 Å². The molecule has 0 bridgehead atoms. The quantitative estimate of drug-likeness (QED) is 0.866. The summed E-state index contributed by atoms with van der Waals surface area (Å²) in [6.45, 7) is 0.844. The maximum Gasteiger partial charge on any atom is 0.416 e. The minimum Gasteiger partial charge on any atom is -0.409 e. The van der Waals surface area contributed by atoms with E-state index in [1.54, 1.807) is 0 Å². The first kappa shape index (κ1) is 15.4. The summed E-state index contributed by atoms with van der Waals surface area (Å²) in [7, 11) is 3.70. The van der Waals surface area contributed by atoms with E-state index in [9.17, 15) is 18.0 Å². The van der Waals surface area contributed by atoms with Crippen LogP contribution in [0.4, 0.5) is 13.2 Å². The topological polar surface area (TPSA) is 34.5 Å². The van der Waals surface area contributed by atoms with E-state index in [0.29, 0.717) is 17.4 Å². The molecule has 2 aromatic rings. The van der Waals surface area contributed by atoms with Crippen molar-refractivity contribution in [3.63, 3.8) is 0 Å². The van der Waals surface area contributed by atoms with Crippen molar-refractivity contribution < 1.29 is 18.0 Å². The Balaban J connectivity index is 2.41. The number of benzene rings is 1. The van der Waals surface area contributed by atoms with Gasteiger partial charge < -0.3 is 9.74 Å². The molecule has 1 aromatic carbocycles. The summed E-state index contributed by atoms with van der Waals surface area (Å²) in [6.07, 6.45) is -4.42. The molecule has 0 radical (unpaired) electrons. The predicted molar refractivity (Wildman–Crippen MR) is 73.2 cm³/mol. The predicted octanol–water partition coefficient (Wildman–Crippen LogP) is 2.01. The molecule has 0 unspecified atom stereocenters. The average molecular weight is 300 g/mol. The van der Waals surface area contributed by atoms with Gasteiger partial charge in [0.25, 0.3) is 5.56 Å². The molecule has 114 valence electrons. The number of rotatable bonds is 4. The first-order valence-corrected chi connectivity index (χ1v) is 6.30. The fourth-order valence-electron chi connectivity index (χ4n) is 1.84.